The van der Waals surface area contributed by atoms with Gasteiger partial charge < -0.3 is 15.4 Å². The second-order valence-electron chi connectivity index (χ2n) is 5.31. The Labute approximate surface area is 146 Å². The number of halogens is 1. The summed E-state index contributed by atoms with van der Waals surface area (Å²) in [6, 6.07) is 14.1. The first-order valence-electron chi connectivity index (χ1n) is 7.50. The zero-order valence-electron chi connectivity index (χ0n) is 13.5. The molecule has 0 aliphatic heterocycles. The van der Waals surface area contributed by atoms with Crippen molar-refractivity contribution in [2.24, 2.45) is 0 Å². The summed E-state index contributed by atoms with van der Waals surface area (Å²) < 4.78 is 5.51. The summed E-state index contributed by atoms with van der Waals surface area (Å²) in [5, 5.41) is 6.16. The lowest BCUT2D eigenvalue weighted by Gasteiger charge is -2.16. The fraction of sp³-hybridized carbons (Fsp3) is 0.222. The average molecular weight is 347 g/mol. The Morgan fingerprint density at radius 2 is 1.79 bits per heavy atom. The van der Waals surface area contributed by atoms with Crippen LogP contribution in [0.4, 0.5) is 5.69 Å². The fourth-order valence-electron chi connectivity index (χ4n) is 2.15. The highest BCUT2D eigenvalue weighted by atomic mass is 35.5. The molecule has 5 nitrogen and oxygen atoms in total. The topological polar surface area (TPSA) is 67.4 Å². The molecular formula is C18H19ClN2O3. The van der Waals surface area contributed by atoms with Gasteiger partial charge in [-0.3, -0.25) is 9.59 Å². The molecule has 0 unspecified atom stereocenters. The normalized spacial score (nSPS) is 11.5. The minimum Gasteiger partial charge on any atom is -0.482 e. The van der Waals surface area contributed by atoms with Crippen molar-refractivity contribution in [1.82, 2.24) is 5.32 Å². The standard InChI is InChI=1S/C18H19ClN2O3/c1-12(14-7-9-15(19)10-8-14)20-18(23)11-24-17-6-4-3-5-16(17)21-13(2)22/h3-10,12H,11H2,1-2H3,(H,20,23)(H,21,22)/t12-/m1/s1. The van der Waals surface area contributed by atoms with Crippen LogP contribution in [-0.2, 0) is 9.59 Å². The average Bonchev–Trinajstić information content (AvgIpc) is 2.54. The maximum Gasteiger partial charge on any atom is 0.258 e. The lowest BCUT2D eigenvalue weighted by molar-refractivity contribution is -0.123. The highest BCUT2D eigenvalue weighted by Crippen LogP contribution is 2.23. The van der Waals surface area contributed by atoms with Crippen LogP contribution in [0.25, 0.3) is 0 Å². The Morgan fingerprint density at radius 1 is 1.12 bits per heavy atom. The number of anilines is 1. The van der Waals surface area contributed by atoms with Crippen LogP contribution in [0.15, 0.2) is 48.5 Å². The number of carbonyl (C=O) groups is 2. The van der Waals surface area contributed by atoms with Gasteiger partial charge in [0.15, 0.2) is 6.61 Å². The maximum absolute atomic E-state index is 12.1. The van der Waals surface area contributed by atoms with E-state index in [-0.39, 0.29) is 24.5 Å². The molecule has 126 valence electrons. The van der Waals surface area contributed by atoms with E-state index in [1.807, 2.05) is 19.1 Å². The number of rotatable bonds is 6. The molecule has 2 rings (SSSR count). The molecule has 0 heterocycles. The van der Waals surface area contributed by atoms with Crippen molar-refractivity contribution in [3.63, 3.8) is 0 Å². The van der Waals surface area contributed by atoms with E-state index in [9.17, 15) is 9.59 Å². The molecule has 1 atom stereocenters. The predicted octanol–water partition coefficient (Wildman–Crippen LogP) is 3.55. The van der Waals surface area contributed by atoms with E-state index in [0.29, 0.717) is 16.5 Å². The van der Waals surface area contributed by atoms with Crippen LogP contribution in [0.1, 0.15) is 25.5 Å². The summed E-state index contributed by atoms with van der Waals surface area (Å²) in [6.45, 7) is 3.15. The number of amides is 2. The molecule has 0 saturated heterocycles. The quantitative estimate of drug-likeness (QED) is 0.840. The third kappa shape index (κ3) is 5.28. The molecule has 6 heteroatoms. The summed E-state index contributed by atoms with van der Waals surface area (Å²) in [6.07, 6.45) is 0. The number of para-hydroxylation sites is 2. The van der Waals surface area contributed by atoms with Crippen LogP contribution in [0.2, 0.25) is 5.02 Å². The number of benzene rings is 2. The number of carbonyl (C=O) groups excluding carboxylic acids is 2. The first-order valence-corrected chi connectivity index (χ1v) is 7.87. The SMILES string of the molecule is CC(=O)Nc1ccccc1OCC(=O)N[C@H](C)c1ccc(Cl)cc1. The molecule has 0 aliphatic carbocycles. The van der Waals surface area contributed by atoms with Gasteiger partial charge in [0.25, 0.3) is 5.91 Å². The Bertz CT molecular complexity index is 716. The molecule has 0 aromatic heterocycles. The van der Waals surface area contributed by atoms with E-state index in [2.05, 4.69) is 10.6 Å². The molecule has 0 bridgehead atoms. The van der Waals surface area contributed by atoms with Crippen molar-refractivity contribution < 1.29 is 14.3 Å². The highest BCUT2D eigenvalue weighted by molar-refractivity contribution is 6.30. The van der Waals surface area contributed by atoms with Crippen molar-refractivity contribution in [3.8, 4) is 5.75 Å². The third-order valence-corrected chi connectivity index (χ3v) is 3.56. The molecule has 2 aromatic carbocycles. The van der Waals surface area contributed by atoms with Crippen LogP contribution in [0.5, 0.6) is 5.75 Å². The van der Waals surface area contributed by atoms with Crippen molar-refractivity contribution in [1.29, 1.82) is 0 Å². The van der Waals surface area contributed by atoms with E-state index in [1.54, 1.807) is 36.4 Å². The predicted molar refractivity (Wildman–Crippen MR) is 94.3 cm³/mol. The molecule has 24 heavy (non-hydrogen) atoms. The fourth-order valence-corrected chi connectivity index (χ4v) is 2.27. The molecule has 2 N–H and O–H groups in total. The molecule has 2 amide bonds. The molecular weight excluding hydrogens is 328 g/mol. The van der Waals surface area contributed by atoms with Gasteiger partial charge in [-0.2, -0.15) is 0 Å². The monoisotopic (exact) mass is 346 g/mol. The summed E-state index contributed by atoms with van der Waals surface area (Å²) in [5.74, 6) is -0.0102. The van der Waals surface area contributed by atoms with Gasteiger partial charge in [0.1, 0.15) is 5.75 Å². The van der Waals surface area contributed by atoms with Gasteiger partial charge in [-0.15, -0.1) is 0 Å². The summed E-state index contributed by atoms with van der Waals surface area (Å²) >= 11 is 5.85. The Morgan fingerprint density at radius 3 is 2.46 bits per heavy atom. The largest absolute Gasteiger partial charge is 0.482 e. The van der Waals surface area contributed by atoms with Crippen LogP contribution >= 0.6 is 11.6 Å². The lowest BCUT2D eigenvalue weighted by atomic mass is 10.1. The lowest BCUT2D eigenvalue weighted by Crippen LogP contribution is -2.31. The molecule has 0 aliphatic rings. The summed E-state index contributed by atoms with van der Waals surface area (Å²) in [7, 11) is 0. The highest BCUT2D eigenvalue weighted by Gasteiger charge is 2.11. The van der Waals surface area contributed by atoms with Crippen LogP contribution < -0.4 is 15.4 Å². The van der Waals surface area contributed by atoms with E-state index in [4.69, 9.17) is 16.3 Å². The first kappa shape index (κ1) is 17.8. The number of nitrogens with one attached hydrogen (secondary N) is 2. The molecule has 0 spiro atoms. The summed E-state index contributed by atoms with van der Waals surface area (Å²) in [5.41, 5.74) is 1.48. The summed E-state index contributed by atoms with van der Waals surface area (Å²) in [4.78, 5) is 23.2. The van der Waals surface area contributed by atoms with E-state index >= 15 is 0 Å². The zero-order chi connectivity index (χ0) is 17.5. The minimum absolute atomic E-state index is 0.144. The van der Waals surface area contributed by atoms with E-state index in [0.717, 1.165) is 5.56 Å². The van der Waals surface area contributed by atoms with Crippen LogP contribution in [-0.4, -0.2) is 18.4 Å². The van der Waals surface area contributed by atoms with Gasteiger partial charge in [-0.05, 0) is 36.8 Å². The van der Waals surface area contributed by atoms with Crippen LogP contribution in [0.3, 0.4) is 0 Å². The zero-order valence-corrected chi connectivity index (χ0v) is 14.3. The van der Waals surface area contributed by atoms with Crippen molar-refractivity contribution >= 4 is 29.1 Å². The Balaban J connectivity index is 1.91. The van der Waals surface area contributed by atoms with Gasteiger partial charge in [0, 0.05) is 11.9 Å². The Hall–Kier alpha value is -2.53. The Kier molecular flexibility index (Phi) is 6.21. The minimum atomic E-state index is -0.255. The van der Waals surface area contributed by atoms with Gasteiger partial charge in [-0.1, -0.05) is 35.9 Å². The van der Waals surface area contributed by atoms with Gasteiger partial charge >= 0.3 is 0 Å². The molecule has 0 fully saturated rings. The second kappa shape index (κ2) is 8.36. The van der Waals surface area contributed by atoms with Gasteiger partial charge in [-0.25, -0.2) is 0 Å². The van der Waals surface area contributed by atoms with Gasteiger partial charge in [0.2, 0.25) is 5.91 Å². The first-order chi connectivity index (χ1) is 11.5. The molecule has 0 radical (unpaired) electrons. The smallest absolute Gasteiger partial charge is 0.258 e. The third-order valence-electron chi connectivity index (χ3n) is 3.30. The number of hydrogen-bond donors (Lipinski definition) is 2. The number of hydrogen-bond acceptors (Lipinski definition) is 3. The molecule has 0 saturated carbocycles. The van der Waals surface area contributed by atoms with Gasteiger partial charge in [0.05, 0.1) is 11.7 Å². The van der Waals surface area contributed by atoms with E-state index in [1.165, 1.54) is 6.92 Å². The maximum atomic E-state index is 12.1. The number of ether oxygens (including phenoxy) is 1. The van der Waals surface area contributed by atoms with E-state index < -0.39 is 0 Å². The van der Waals surface area contributed by atoms with Crippen molar-refractivity contribution in [2.45, 2.75) is 19.9 Å². The molecule has 2 aromatic rings. The second-order valence-corrected chi connectivity index (χ2v) is 5.74. The van der Waals surface area contributed by atoms with Crippen molar-refractivity contribution in [3.05, 3.63) is 59.1 Å². The van der Waals surface area contributed by atoms with Crippen LogP contribution in [0, 0.1) is 0 Å². The van der Waals surface area contributed by atoms with Crippen molar-refractivity contribution in [2.75, 3.05) is 11.9 Å².